The molecule has 1 amide bonds. The highest BCUT2D eigenvalue weighted by atomic mass is 35.5. The molecule has 1 aliphatic heterocycles. The Morgan fingerprint density at radius 2 is 1.88 bits per heavy atom. The molecule has 2 N–H and O–H groups in total. The van der Waals surface area contributed by atoms with E-state index in [1.807, 2.05) is 20.8 Å². The highest BCUT2D eigenvalue weighted by Gasteiger charge is 2.25. The topological polar surface area (TPSA) is 82.5 Å². The van der Waals surface area contributed by atoms with Crippen molar-refractivity contribution in [1.82, 2.24) is 9.80 Å². The van der Waals surface area contributed by atoms with Gasteiger partial charge in [-0.05, 0) is 38.4 Å². The molecule has 0 aliphatic carbocycles. The van der Waals surface area contributed by atoms with E-state index in [-0.39, 0.29) is 6.09 Å². The summed E-state index contributed by atoms with van der Waals surface area (Å²) in [4.78, 5) is 16.0. The van der Waals surface area contributed by atoms with Gasteiger partial charge >= 0.3 is 13.2 Å². The lowest BCUT2D eigenvalue weighted by molar-refractivity contribution is 0.0137. The summed E-state index contributed by atoms with van der Waals surface area (Å²) in [5.41, 5.74) is -0.163. The lowest BCUT2D eigenvalue weighted by Crippen LogP contribution is -2.50. The normalized spacial score (nSPS) is 15.7. The van der Waals surface area contributed by atoms with Gasteiger partial charge in [0.05, 0.1) is 5.02 Å². The molecular formula is C17H26BClN2O5. The van der Waals surface area contributed by atoms with Crippen LogP contribution in [0.5, 0.6) is 5.75 Å². The summed E-state index contributed by atoms with van der Waals surface area (Å²) in [5, 5.41) is 18.6. The van der Waals surface area contributed by atoms with Gasteiger partial charge < -0.3 is 24.4 Å². The first-order chi connectivity index (χ1) is 12.2. The van der Waals surface area contributed by atoms with E-state index in [1.165, 1.54) is 6.07 Å². The van der Waals surface area contributed by atoms with Crippen LogP contribution in [0.4, 0.5) is 4.79 Å². The minimum absolute atomic E-state index is 0.272. The van der Waals surface area contributed by atoms with Gasteiger partial charge in [0.1, 0.15) is 18.0 Å². The molecular weight excluding hydrogens is 358 g/mol. The maximum Gasteiger partial charge on any atom is 0.488 e. The van der Waals surface area contributed by atoms with Gasteiger partial charge in [-0.2, -0.15) is 0 Å². The van der Waals surface area contributed by atoms with E-state index in [1.54, 1.807) is 17.0 Å². The van der Waals surface area contributed by atoms with Gasteiger partial charge in [-0.1, -0.05) is 17.7 Å². The van der Waals surface area contributed by atoms with Gasteiger partial charge in [0, 0.05) is 32.7 Å². The summed E-state index contributed by atoms with van der Waals surface area (Å²) in [7, 11) is -1.55. The van der Waals surface area contributed by atoms with Crippen molar-refractivity contribution in [2.24, 2.45) is 0 Å². The molecule has 1 heterocycles. The molecule has 1 saturated heterocycles. The standard InChI is InChI=1S/C17H26BClN2O5/c1-17(2,3)26-16(22)21-8-6-20(7-9-21)10-11-25-15-5-4-13(18(23)24)12-14(15)19/h4-5,12,23-24H,6-11H2,1-3H3. The Bertz CT molecular complexity index is 616. The Labute approximate surface area is 159 Å². The summed E-state index contributed by atoms with van der Waals surface area (Å²) in [6, 6.07) is 4.66. The Morgan fingerprint density at radius 1 is 1.23 bits per heavy atom. The van der Waals surface area contributed by atoms with Crippen LogP contribution in [0.1, 0.15) is 20.8 Å². The number of nitrogens with zero attached hydrogens (tertiary/aromatic N) is 2. The SMILES string of the molecule is CC(C)(C)OC(=O)N1CCN(CCOc2ccc(B(O)O)cc2Cl)CC1. The van der Waals surface area contributed by atoms with Crippen LogP contribution in [0, 0.1) is 0 Å². The predicted octanol–water partition coefficient (Wildman–Crippen LogP) is 0.951. The number of carbonyl (C=O) groups excluding carboxylic acids is 1. The molecule has 0 atom stereocenters. The second-order valence-electron chi connectivity index (χ2n) is 7.22. The summed E-state index contributed by atoms with van der Waals surface area (Å²) in [6.07, 6.45) is -0.272. The Morgan fingerprint density at radius 3 is 2.42 bits per heavy atom. The predicted molar refractivity (Wildman–Crippen MR) is 101 cm³/mol. The molecule has 144 valence electrons. The first kappa shape index (κ1) is 20.8. The highest BCUT2D eigenvalue weighted by Crippen LogP contribution is 2.22. The smallest absolute Gasteiger partial charge is 0.488 e. The van der Waals surface area contributed by atoms with E-state index in [0.29, 0.717) is 42.5 Å². The molecule has 1 aromatic carbocycles. The maximum atomic E-state index is 12.0. The van der Waals surface area contributed by atoms with Crippen LogP contribution in [0.15, 0.2) is 18.2 Å². The summed E-state index contributed by atoms with van der Waals surface area (Å²) >= 11 is 6.08. The van der Waals surface area contributed by atoms with Crippen molar-refractivity contribution in [3.05, 3.63) is 23.2 Å². The number of hydrogen-bond acceptors (Lipinski definition) is 6. The zero-order chi connectivity index (χ0) is 19.3. The molecule has 0 spiro atoms. The fraction of sp³-hybridized carbons (Fsp3) is 0.588. The van der Waals surface area contributed by atoms with Crippen molar-refractivity contribution >= 4 is 30.3 Å². The fourth-order valence-corrected chi connectivity index (χ4v) is 2.80. The van der Waals surface area contributed by atoms with E-state index < -0.39 is 12.7 Å². The molecule has 0 aromatic heterocycles. The van der Waals surface area contributed by atoms with Gasteiger partial charge in [0.15, 0.2) is 0 Å². The Kier molecular flexibility index (Phi) is 7.17. The van der Waals surface area contributed by atoms with Crippen LogP contribution in [0.25, 0.3) is 0 Å². The van der Waals surface area contributed by atoms with Crippen molar-refractivity contribution in [2.45, 2.75) is 26.4 Å². The number of piperazine rings is 1. The third-order valence-corrected chi connectivity index (χ3v) is 4.24. The van der Waals surface area contributed by atoms with Crippen LogP contribution >= 0.6 is 11.6 Å². The molecule has 26 heavy (non-hydrogen) atoms. The Balaban J connectivity index is 1.73. The van der Waals surface area contributed by atoms with Crippen LogP contribution in [0.3, 0.4) is 0 Å². The number of rotatable bonds is 5. The monoisotopic (exact) mass is 384 g/mol. The third-order valence-electron chi connectivity index (χ3n) is 3.94. The van der Waals surface area contributed by atoms with Crippen molar-refractivity contribution in [1.29, 1.82) is 0 Å². The summed E-state index contributed by atoms with van der Waals surface area (Å²) in [6.45, 7) is 9.50. The average molecular weight is 385 g/mol. The first-order valence-electron chi connectivity index (χ1n) is 8.64. The third kappa shape index (κ3) is 6.35. The van der Waals surface area contributed by atoms with Crippen LogP contribution in [-0.4, -0.2) is 78.0 Å². The molecule has 9 heteroatoms. The molecule has 0 saturated carbocycles. The van der Waals surface area contributed by atoms with Crippen molar-refractivity contribution in [3.8, 4) is 5.75 Å². The number of benzene rings is 1. The van der Waals surface area contributed by atoms with Gasteiger partial charge in [-0.15, -0.1) is 0 Å². The number of amides is 1. The van der Waals surface area contributed by atoms with E-state index in [0.717, 1.165) is 13.1 Å². The quantitative estimate of drug-likeness (QED) is 0.736. The van der Waals surface area contributed by atoms with Gasteiger partial charge in [-0.3, -0.25) is 4.90 Å². The summed E-state index contributed by atoms with van der Waals surface area (Å²) in [5.74, 6) is 0.503. The van der Waals surface area contributed by atoms with Crippen LogP contribution in [0.2, 0.25) is 5.02 Å². The lowest BCUT2D eigenvalue weighted by atomic mass is 9.80. The molecule has 1 fully saturated rings. The van der Waals surface area contributed by atoms with Crippen LogP contribution in [-0.2, 0) is 4.74 Å². The zero-order valence-corrected chi connectivity index (χ0v) is 16.2. The van der Waals surface area contributed by atoms with E-state index in [2.05, 4.69) is 4.90 Å². The molecule has 0 bridgehead atoms. The van der Waals surface area contributed by atoms with Crippen LogP contribution < -0.4 is 10.2 Å². The number of hydrogen-bond donors (Lipinski definition) is 2. The number of halogens is 1. The highest BCUT2D eigenvalue weighted by molar-refractivity contribution is 6.59. The minimum atomic E-state index is -1.55. The molecule has 0 unspecified atom stereocenters. The van der Waals surface area contributed by atoms with Gasteiger partial charge in [-0.25, -0.2) is 4.79 Å². The zero-order valence-electron chi connectivity index (χ0n) is 15.4. The number of ether oxygens (including phenoxy) is 2. The minimum Gasteiger partial charge on any atom is -0.491 e. The Hall–Kier alpha value is -1.48. The second kappa shape index (κ2) is 8.95. The second-order valence-corrected chi connectivity index (χ2v) is 7.63. The first-order valence-corrected chi connectivity index (χ1v) is 9.02. The molecule has 2 rings (SSSR count). The molecule has 1 aliphatic rings. The maximum absolute atomic E-state index is 12.0. The lowest BCUT2D eigenvalue weighted by Gasteiger charge is -2.35. The summed E-state index contributed by atoms with van der Waals surface area (Å²) < 4.78 is 11.1. The van der Waals surface area contributed by atoms with Gasteiger partial charge in [0.25, 0.3) is 0 Å². The molecule has 7 nitrogen and oxygen atoms in total. The van der Waals surface area contributed by atoms with E-state index >= 15 is 0 Å². The van der Waals surface area contributed by atoms with Crippen molar-refractivity contribution in [3.63, 3.8) is 0 Å². The largest absolute Gasteiger partial charge is 0.491 e. The molecule has 1 aromatic rings. The number of carbonyl (C=O) groups is 1. The van der Waals surface area contributed by atoms with Crippen molar-refractivity contribution < 1.29 is 24.3 Å². The fourth-order valence-electron chi connectivity index (χ4n) is 2.56. The average Bonchev–Trinajstić information content (AvgIpc) is 2.55. The van der Waals surface area contributed by atoms with Gasteiger partial charge in [0.2, 0.25) is 0 Å². The van der Waals surface area contributed by atoms with E-state index in [9.17, 15) is 4.79 Å². The van der Waals surface area contributed by atoms with Crippen molar-refractivity contribution in [2.75, 3.05) is 39.3 Å². The molecule has 0 radical (unpaired) electrons. The van der Waals surface area contributed by atoms with E-state index in [4.69, 9.17) is 31.1 Å².